The molecule has 1 unspecified atom stereocenters. The van der Waals surface area contributed by atoms with Crippen LogP contribution in [0, 0.1) is 6.92 Å². The van der Waals surface area contributed by atoms with Gasteiger partial charge in [-0.2, -0.15) is 13.2 Å². The molecule has 2 N–H and O–H groups in total. The lowest BCUT2D eigenvalue weighted by Gasteiger charge is -2.28. The number of hydrogen-bond donors (Lipinski definition) is 1. The number of benzene rings is 2. The summed E-state index contributed by atoms with van der Waals surface area (Å²) < 4.78 is 45.9. The Hall–Kier alpha value is -3.92. The zero-order valence-electron chi connectivity index (χ0n) is 23.1. The molecule has 1 atom stereocenters. The van der Waals surface area contributed by atoms with Gasteiger partial charge in [-0.1, -0.05) is 48.9 Å². The van der Waals surface area contributed by atoms with E-state index in [1.807, 2.05) is 62.4 Å². The molecule has 0 bridgehead atoms. The first kappa shape index (κ1) is 30.0. The van der Waals surface area contributed by atoms with E-state index in [4.69, 9.17) is 10.5 Å². The largest absolute Gasteiger partial charge is 0.458 e. The normalized spacial score (nSPS) is 12.8. The number of thioether (sulfide) groups is 1. The number of nitrogens with zero attached hydrogens (tertiary/aromatic N) is 2. The highest BCUT2D eigenvalue weighted by atomic mass is 32.2. The number of aryl methyl sites for hydroxylation is 1. The average Bonchev–Trinajstić information content (AvgIpc) is 2.88. The summed E-state index contributed by atoms with van der Waals surface area (Å²) >= 11 is 1.36. The third-order valence-electron chi connectivity index (χ3n) is 6.37. The Bertz CT molecular complexity index is 1590. The molecule has 6 nitrogen and oxygen atoms in total. The van der Waals surface area contributed by atoms with Crippen molar-refractivity contribution in [3.05, 3.63) is 94.9 Å². The molecule has 0 spiro atoms. The Labute approximate surface area is 240 Å². The highest BCUT2D eigenvalue weighted by Gasteiger charge is 2.40. The van der Waals surface area contributed by atoms with E-state index in [2.05, 4.69) is 9.97 Å². The first-order chi connectivity index (χ1) is 19.3. The number of ketones is 1. The number of nitrogens with two attached hydrogens (primary N) is 1. The Morgan fingerprint density at radius 3 is 2.39 bits per heavy atom. The lowest BCUT2D eigenvalue weighted by Crippen LogP contribution is -2.36. The van der Waals surface area contributed by atoms with Crippen molar-refractivity contribution in [1.82, 2.24) is 9.97 Å². The van der Waals surface area contributed by atoms with Gasteiger partial charge in [-0.3, -0.25) is 14.6 Å². The molecule has 2 aromatic heterocycles. The number of alkyl halides is 3. The van der Waals surface area contributed by atoms with Gasteiger partial charge in [0.15, 0.2) is 5.92 Å². The van der Waals surface area contributed by atoms with E-state index in [-0.39, 0.29) is 11.4 Å². The fraction of sp³-hybridized carbons (Fsp3) is 0.290. The Morgan fingerprint density at radius 1 is 1.05 bits per heavy atom. The predicted octanol–water partition coefficient (Wildman–Crippen LogP) is 7.18. The SMILES string of the molecule is CCSc1cc2cc(C)ccc2nc1C(=O)C(C(=O)OC(C)(C)Cc1ccccc1)c1ncc(C(F)(F)F)cc1N. The zero-order chi connectivity index (χ0) is 29.9. The van der Waals surface area contributed by atoms with Crippen molar-refractivity contribution in [2.24, 2.45) is 0 Å². The number of carbonyl (C=O) groups is 2. The molecule has 0 saturated heterocycles. The van der Waals surface area contributed by atoms with Crippen LogP contribution in [0.1, 0.15) is 59.6 Å². The van der Waals surface area contributed by atoms with Crippen molar-refractivity contribution in [3.8, 4) is 0 Å². The van der Waals surface area contributed by atoms with Crippen molar-refractivity contribution in [3.63, 3.8) is 0 Å². The van der Waals surface area contributed by atoms with Gasteiger partial charge in [0, 0.05) is 22.9 Å². The highest BCUT2D eigenvalue weighted by Crippen LogP contribution is 2.36. The van der Waals surface area contributed by atoms with Crippen molar-refractivity contribution >= 4 is 40.1 Å². The number of aromatic nitrogens is 2. The van der Waals surface area contributed by atoms with E-state index in [1.165, 1.54) is 11.8 Å². The van der Waals surface area contributed by atoms with Crippen LogP contribution in [-0.2, 0) is 22.1 Å². The molecule has 0 radical (unpaired) electrons. The second-order valence-electron chi connectivity index (χ2n) is 10.3. The highest BCUT2D eigenvalue weighted by molar-refractivity contribution is 7.99. The smallest absolute Gasteiger partial charge is 0.417 e. The summed E-state index contributed by atoms with van der Waals surface area (Å²) in [5.41, 5.74) is 5.53. The van der Waals surface area contributed by atoms with Crippen LogP contribution in [0.4, 0.5) is 18.9 Å². The summed E-state index contributed by atoms with van der Waals surface area (Å²) in [7, 11) is 0. The number of rotatable bonds is 9. The molecule has 0 saturated carbocycles. The van der Waals surface area contributed by atoms with E-state index >= 15 is 0 Å². The fourth-order valence-electron chi connectivity index (χ4n) is 4.54. The maximum Gasteiger partial charge on any atom is 0.417 e. The molecular weight excluding hydrogens is 551 g/mol. The van der Waals surface area contributed by atoms with Crippen LogP contribution in [0.25, 0.3) is 10.9 Å². The number of carbonyl (C=O) groups excluding carboxylic acids is 2. The van der Waals surface area contributed by atoms with Gasteiger partial charge in [0.1, 0.15) is 11.3 Å². The average molecular weight is 582 g/mol. The lowest BCUT2D eigenvalue weighted by molar-refractivity contribution is -0.156. The quantitative estimate of drug-likeness (QED) is 0.0968. The molecule has 214 valence electrons. The summed E-state index contributed by atoms with van der Waals surface area (Å²) in [6, 6.07) is 17.4. The van der Waals surface area contributed by atoms with Gasteiger partial charge in [-0.15, -0.1) is 11.8 Å². The Morgan fingerprint density at radius 2 is 1.76 bits per heavy atom. The van der Waals surface area contributed by atoms with Crippen molar-refractivity contribution in [2.75, 3.05) is 11.5 Å². The molecule has 4 rings (SSSR count). The van der Waals surface area contributed by atoms with Gasteiger partial charge in [0.05, 0.1) is 22.5 Å². The number of esters is 1. The zero-order valence-corrected chi connectivity index (χ0v) is 23.9. The molecular formula is C31H30F3N3O3S. The van der Waals surface area contributed by atoms with Crippen LogP contribution in [-0.4, -0.2) is 33.1 Å². The van der Waals surface area contributed by atoms with Crippen LogP contribution >= 0.6 is 11.8 Å². The van der Waals surface area contributed by atoms with Crippen molar-refractivity contribution < 1.29 is 27.5 Å². The number of nitrogen functional groups attached to an aromatic ring is 1. The third-order valence-corrected chi connectivity index (χ3v) is 7.28. The number of ether oxygens (including phenoxy) is 1. The summed E-state index contributed by atoms with van der Waals surface area (Å²) in [6.45, 7) is 7.23. The predicted molar refractivity (Wildman–Crippen MR) is 154 cm³/mol. The number of fused-ring (bicyclic) bond motifs is 1. The van der Waals surface area contributed by atoms with Gasteiger partial charge in [-0.25, -0.2) is 4.98 Å². The maximum atomic E-state index is 14.2. The topological polar surface area (TPSA) is 95.2 Å². The molecule has 0 fully saturated rings. The summed E-state index contributed by atoms with van der Waals surface area (Å²) in [6.07, 6.45) is -3.81. The number of pyridine rings is 2. The molecule has 0 aliphatic rings. The molecule has 0 aliphatic carbocycles. The second kappa shape index (κ2) is 11.9. The van der Waals surface area contributed by atoms with Gasteiger partial charge in [-0.05, 0) is 56.4 Å². The number of Topliss-reactive ketones (excluding diaryl/α,β-unsaturated/α-hetero) is 1. The maximum absolute atomic E-state index is 14.2. The van der Waals surface area contributed by atoms with Crippen LogP contribution in [0.2, 0.25) is 0 Å². The standard InChI is InChI=1S/C31H30F3N3O3S/c1-5-41-24-14-20-13-18(2)11-12-23(20)37-27(24)28(38)25(26-22(35)15-21(17-36-26)31(32,33)34)29(39)40-30(3,4)16-19-9-7-6-8-10-19/h6-15,17,25H,5,16,35H2,1-4H3. The van der Waals surface area contributed by atoms with Gasteiger partial charge < -0.3 is 10.5 Å². The van der Waals surface area contributed by atoms with Crippen molar-refractivity contribution in [1.29, 1.82) is 0 Å². The number of anilines is 1. The van der Waals surface area contributed by atoms with E-state index in [9.17, 15) is 22.8 Å². The van der Waals surface area contributed by atoms with Crippen LogP contribution < -0.4 is 5.73 Å². The minimum absolute atomic E-state index is 0.00267. The van der Waals surface area contributed by atoms with E-state index in [0.717, 1.165) is 16.5 Å². The van der Waals surface area contributed by atoms with E-state index in [0.29, 0.717) is 34.8 Å². The molecule has 2 aromatic carbocycles. The minimum atomic E-state index is -4.71. The lowest BCUT2D eigenvalue weighted by atomic mass is 9.93. The van der Waals surface area contributed by atoms with Crippen LogP contribution in [0.15, 0.2) is 71.8 Å². The van der Waals surface area contributed by atoms with Crippen LogP contribution in [0.5, 0.6) is 0 Å². The van der Waals surface area contributed by atoms with Gasteiger partial charge in [0.2, 0.25) is 5.78 Å². The monoisotopic (exact) mass is 581 g/mol. The molecule has 41 heavy (non-hydrogen) atoms. The molecule has 2 heterocycles. The molecule has 0 aliphatic heterocycles. The summed E-state index contributed by atoms with van der Waals surface area (Å²) in [4.78, 5) is 36.9. The summed E-state index contributed by atoms with van der Waals surface area (Å²) in [5, 5.41) is 0.813. The number of halogens is 3. The summed E-state index contributed by atoms with van der Waals surface area (Å²) in [5.74, 6) is -2.87. The molecule has 4 aromatic rings. The first-order valence-electron chi connectivity index (χ1n) is 13.0. The van der Waals surface area contributed by atoms with Gasteiger partial charge >= 0.3 is 12.1 Å². The molecule has 10 heteroatoms. The fourth-order valence-corrected chi connectivity index (χ4v) is 5.35. The second-order valence-corrected chi connectivity index (χ2v) is 11.6. The van der Waals surface area contributed by atoms with E-state index < -0.39 is 40.7 Å². The molecule has 0 amide bonds. The van der Waals surface area contributed by atoms with Crippen molar-refractivity contribution in [2.45, 2.75) is 56.7 Å². The number of hydrogen-bond acceptors (Lipinski definition) is 7. The first-order valence-corrected chi connectivity index (χ1v) is 14.0. The third kappa shape index (κ3) is 7.05. The Balaban J connectivity index is 1.81. The van der Waals surface area contributed by atoms with Gasteiger partial charge in [0.25, 0.3) is 0 Å². The van der Waals surface area contributed by atoms with E-state index in [1.54, 1.807) is 19.9 Å². The minimum Gasteiger partial charge on any atom is -0.458 e. The Kier molecular flexibility index (Phi) is 8.72. The van der Waals surface area contributed by atoms with Crippen LogP contribution in [0.3, 0.4) is 0 Å².